The number of carbonyl (C=O) groups is 2. The Kier molecular flexibility index (Phi) is 3.64. The summed E-state index contributed by atoms with van der Waals surface area (Å²) in [6, 6.07) is 1.63. The highest BCUT2D eigenvalue weighted by atomic mass is 32.1. The van der Waals surface area contributed by atoms with Crippen LogP contribution in [0, 0.1) is 13.8 Å². The Morgan fingerprint density at radius 2 is 2.25 bits per heavy atom. The van der Waals surface area contributed by atoms with Crippen LogP contribution in [0.4, 0.5) is 0 Å². The van der Waals surface area contributed by atoms with Gasteiger partial charge in [-0.05, 0) is 20.3 Å². The van der Waals surface area contributed by atoms with Crippen molar-refractivity contribution in [1.82, 2.24) is 19.9 Å². The quantitative estimate of drug-likeness (QED) is 0.846. The summed E-state index contributed by atoms with van der Waals surface area (Å²) in [5, 5.41) is 6.80. The first-order chi connectivity index (χ1) is 11.5. The number of nitrogens with zero attached hydrogens (tertiary/aromatic N) is 4. The van der Waals surface area contributed by atoms with Crippen molar-refractivity contribution in [2.45, 2.75) is 45.3 Å². The molecule has 2 aromatic heterocycles. The largest absolute Gasteiger partial charge is 0.361 e. The number of likely N-dealkylation sites (tertiary alicyclic amines) is 2. The highest BCUT2D eigenvalue weighted by Crippen LogP contribution is 2.34. The fraction of sp³-hybridized carbons (Fsp3) is 0.500. The van der Waals surface area contributed by atoms with Gasteiger partial charge >= 0.3 is 0 Å². The second-order valence-corrected chi connectivity index (χ2v) is 7.39. The van der Waals surface area contributed by atoms with Gasteiger partial charge in [-0.15, -0.1) is 11.3 Å². The van der Waals surface area contributed by atoms with Crippen LogP contribution < -0.4 is 0 Å². The average Bonchev–Trinajstić information content (AvgIpc) is 3.28. The molecule has 2 aliphatic rings. The second kappa shape index (κ2) is 5.70. The Morgan fingerprint density at radius 1 is 1.42 bits per heavy atom. The minimum absolute atomic E-state index is 0.0662. The highest BCUT2D eigenvalue weighted by molar-refractivity contribution is 7.09. The summed E-state index contributed by atoms with van der Waals surface area (Å²) in [6.07, 6.45) is 1.17. The van der Waals surface area contributed by atoms with Gasteiger partial charge in [-0.2, -0.15) is 0 Å². The second-order valence-electron chi connectivity index (χ2n) is 6.33. The SMILES string of the molecule is Cc1cc(C(=O)N2CC[C@@H]3[C@@H]2CC(=O)N3Cc2csc(C)n2)no1. The van der Waals surface area contributed by atoms with E-state index in [1.165, 1.54) is 0 Å². The van der Waals surface area contributed by atoms with Gasteiger partial charge in [-0.1, -0.05) is 5.16 Å². The molecule has 2 aliphatic heterocycles. The molecule has 0 spiro atoms. The molecular formula is C16H18N4O3S. The van der Waals surface area contributed by atoms with E-state index in [-0.39, 0.29) is 23.9 Å². The third-order valence-electron chi connectivity index (χ3n) is 4.72. The molecule has 7 nitrogen and oxygen atoms in total. The predicted molar refractivity (Wildman–Crippen MR) is 86.5 cm³/mol. The first kappa shape index (κ1) is 15.3. The molecule has 2 fully saturated rings. The van der Waals surface area contributed by atoms with Crippen molar-refractivity contribution in [3.05, 3.63) is 33.6 Å². The Labute approximate surface area is 143 Å². The van der Waals surface area contributed by atoms with Crippen LogP contribution >= 0.6 is 11.3 Å². The van der Waals surface area contributed by atoms with E-state index in [1.54, 1.807) is 29.2 Å². The lowest BCUT2D eigenvalue weighted by molar-refractivity contribution is -0.129. The van der Waals surface area contributed by atoms with Crippen LogP contribution in [-0.4, -0.2) is 50.4 Å². The molecule has 8 heteroatoms. The molecule has 126 valence electrons. The summed E-state index contributed by atoms with van der Waals surface area (Å²) in [4.78, 5) is 33.2. The van der Waals surface area contributed by atoms with Crippen LogP contribution in [0.2, 0.25) is 0 Å². The van der Waals surface area contributed by atoms with Crippen LogP contribution in [0.15, 0.2) is 16.0 Å². The lowest BCUT2D eigenvalue weighted by Crippen LogP contribution is -2.39. The van der Waals surface area contributed by atoms with Gasteiger partial charge in [0, 0.05) is 24.4 Å². The standard InChI is InChI=1S/C16H18N4O3S/c1-9-5-12(18-23-9)16(22)19-4-3-13-14(19)6-15(21)20(13)7-11-8-24-10(2)17-11/h5,8,13-14H,3-4,6-7H2,1-2H3/t13-,14+/m1/s1. The van der Waals surface area contributed by atoms with Crippen molar-refractivity contribution in [2.75, 3.05) is 6.54 Å². The van der Waals surface area contributed by atoms with Gasteiger partial charge in [-0.3, -0.25) is 9.59 Å². The monoisotopic (exact) mass is 346 g/mol. The van der Waals surface area contributed by atoms with E-state index in [0.717, 1.165) is 17.1 Å². The molecule has 4 heterocycles. The number of hydrogen-bond donors (Lipinski definition) is 0. The molecule has 0 unspecified atom stereocenters. The van der Waals surface area contributed by atoms with E-state index in [2.05, 4.69) is 10.1 Å². The van der Waals surface area contributed by atoms with E-state index in [9.17, 15) is 9.59 Å². The molecule has 24 heavy (non-hydrogen) atoms. The molecule has 0 aromatic carbocycles. The third kappa shape index (κ3) is 2.50. The van der Waals surface area contributed by atoms with Crippen LogP contribution in [0.25, 0.3) is 0 Å². The van der Waals surface area contributed by atoms with Crippen molar-refractivity contribution in [1.29, 1.82) is 0 Å². The number of aromatic nitrogens is 2. The summed E-state index contributed by atoms with van der Waals surface area (Å²) >= 11 is 1.59. The van der Waals surface area contributed by atoms with E-state index in [4.69, 9.17) is 4.52 Å². The van der Waals surface area contributed by atoms with Crippen molar-refractivity contribution >= 4 is 23.2 Å². The van der Waals surface area contributed by atoms with E-state index in [1.807, 2.05) is 17.2 Å². The highest BCUT2D eigenvalue weighted by Gasteiger charge is 2.48. The summed E-state index contributed by atoms with van der Waals surface area (Å²) < 4.78 is 5.00. The fourth-order valence-electron chi connectivity index (χ4n) is 3.66. The van der Waals surface area contributed by atoms with E-state index in [0.29, 0.717) is 31.0 Å². The zero-order valence-corrected chi connectivity index (χ0v) is 14.4. The van der Waals surface area contributed by atoms with Crippen molar-refractivity contribution in [3.63, 3.8) is 0 Å². The van der Waals surface area contributed by atoms with Gasteiger partial charge in [0.05, 0.1) is 29.3 Å². The molecule has 0 bridgehead atoms. The van der Waals surface area contributed by atoms with Crippen molar-refractivity contribution in [2.24, 2.45) is 0 Å². The Morgan fingerprint density at radius 3 is 2.92 bits per heavy atom. The summed E-state index contributed by atoms with van der Waals surface area (Å²) in [7, 11) is 0. The Balaban J connectivity index is 1.51. The van der Waals surface area contributed by atoms with Gasteiger partial charge in [0.25, 0.3) is 5.91 Å². The first-order valence-corrected chi connectivity index (χ1v) is 8.85. The molecule has 0 saturated carbocycles. The number of thiazole rings is 1. The first-order valence-electron chi connectivity index (χ1n) is 7.97. The molecule has 2 atom stereocenters. The molecule has 4 rings (SSSR count). The van der Waals surface area contributed by atoms with Crippen LogP contribution in [-0.2, 0) is 11.3 Å². The average molecular weight is 346 g/mol. The zero-order valence-electron chi connectivity index (χ0n) is 13.6. The Bertz CT molecular complexity index is 799. The summed E-state index contributed by atoms with van der Waals surface area (Å²) in [5.41, 5.74) is 1.23. The molecule has 2 amide bonds. The third-order valence-corrected chi connectivity index (χ3v) is 5.54. The van der Waals surface area contributed by atoms with Gasteiger partial charge in [0.2, 0.25) is 5.91 Å². The number of aryl methyl sites for hydroxylation is 2. The minimum atomic E-state index is -0.154. The molecule has 0 radical (unpaired) electrons. The van der Waals surface area contributed by atoms with Crippen molar-refractivity contribution in [3.8, 4) is 0 Å². The maximum atomic E-state index is 12.6. The normalized spacial score (nSPS) is 23.2. The number of carbonyl (C=O) groups excluding carboxylic acids is 2. The lowest BCUT2D eigenvalue weighted by Gasteiger charge is -2.24. The van der Waals surface area contributed by atoms with Crippen LogP contribution in [0.1, 0.15) is 39.8 Å². The maximum Gasteiger partial charge on any atom is 0.276 e. The van der Waals surface area contributed by atoms with Gasteiger partial charge < -0.3 is 14.3 Å². The maximum absolute atomic E-state index is 12.6. The lowest BCUT2D eigenvalue weighted by atomic mass is 10.1. The molecule has 0 N–H and O–H groups in total. The summed E-state index contributed by atoms with van der Waals surface area (Å²) in [6.45, 7) is 4.88. The zero-order chi connectivity index (χ0) is 16.8. The topological polar surface area (TPSA) is 79.5 Å². The minimum Gasteiger partial charge on any atom is -0.361 e. The number of fused-ring (bicyclic) bond motifs is 1. The van der Waals surface area contributed by atoms with Crippen LogP contribution in [0.5, 0.6) is 0 Å². The number of amides is 2. The van der Waals surface area contributed by atoms with Crippen LogP contribution in [0.3, 0.4) is 0 Å². The fourth-order valence-corrected chi connectivity index (χ4v) is 4.26. The smallest absolute Gasteiger partial charge is 0.276 e. The number of rotatable bonds is 3. The Hall–Kier alpha value is -2.22. The van der Waals surface area contributed by atoms with Gasteiger partial charge in [0.15, 0.2) is 5.69 Å². The molecular weight excluding hydrogens is 328 g/mol. The predicted octanol–water partition coefficient (Wildman–Crippen LogP) is 1.76. The summed E-state index contributed by atoms with van der Waals surface area (Å²) in [5.74, 6) is 0.542. The number of hydrogen-bond acceptors (Lipinski definition) is 6. The molecule has 2 aromatic rings. The molecule has 0 aliphatic carbocycles. The van der Waals surface area contributed by atoms with Gasteiger partial charge in [-0.25, -0.2) is 4.98 Å². The van der Waals surface area contributed by atoms with E-state index < -0.39 is 0 Å². The van der Waals surface area contributed by atoms with Crippen molar-refractivity contribution < 1.29 is 14.1 Å². The van der Waals surface area contributed by atoms with E-state index >= 15 is 0 Å². The molecule has 2 saturated heterocycles. The van der Waals surface area contributed by atoms with Gasteiger partial charge in [0.1, 0.15) is 5.76 Å².